The molecule has 0 unspecified atom stereocenters. The van der Waals surface area contributed by atoms with E-state index in [4.69, 9.17) is 16.3 Å². The third-order valence-electron chi connectivity index (χ3n) is 2.65. The average Bonchev–Trinajstić information content (AvgIpc) is 2.76. The molecule has 0 radical (unpaired) electrons. The summed E-state index contributed by atoms with van der Waals surface area (Å²) in [6, 6.07) is 0. The number of aromatic nitrogens is 2. The number of rotatable bonds is 3. The summed E-state index contributed by atoms with van der Waals surface area (Å²) in [5.74, 6) is 0.0702. The van der Waals surface area contributed by atoms with Gasteiger partial charge in [0.15, 0.2) is 11.0 Å². The Kier molecular flexibility index (Phi) is 3.44. The normalized spacial score (nSPS) is 23.4. The number of hydrogen-bond acceptors (Lipinski definition) is 5. The van der Waals surface area contributed by atoms with Gasteiger partial charge >= 0.3 is 0 Å². The first-order valence-electron chi connectivity index (χ1n) is 5.29. The number of carbonyl (C=O) groups is 1. The molecule has 1 fully saturated rings. The maximum absolute atomic E-state index is 11.9. The van der Waals surface area contributed by atoms with Gasteiger partial charge in [0.2, 0.25) is 0 Å². The van der Waals surface area contributed by atoms with Crippen LogP contribution < -0.4 is 10.9 Å². The Morgan fingerprint density at radius 2 is 2.29 bits per heavy atom. The zero-order chi connectivity index (χ0) is 12.3. The van der Waals surface area contributed by atoms with E-state index in [1.165, 1.54) is 12.4 Å². The number of amides is 1. The number of halogens is 1. The van der Waals surface area contributed by atoms with Gasteiger partial charge in [-0.3, -0.25) is 15.6 Å². The molecule has 1 amide bonds. The van der Waals surface area contributed by atoms with Crippen molar-refractivity contribution < 1.29 is 9.53 Å². The van der Waals surface area contributed by atoms with Crippen LogP contribution in [0.25, 0.3) is 0 Å². The lowest BCUT2D eigenvalue weighted by atomic mass is 10.0. The Balaban J connectivity index is 1.94. The minimum atomic E-state index is -0.776. The van der Waals surface area contributed by atoms with E-state index in [9.17, 15) is 4.79 Å². The second kappa shape index (κ2) is 4.85. The van der Waals surface area contributed by atoms with E-state index in [-0.39, 0.29) is 11.1 Å². The third kappa shape index (κ3) is 2.65. The van der Waals surface area contributed by atoms with Gasteiger partial charge in [-0.05, 0) is 19.8 Å². The molecular weight excluding hydrogens is 244 g/mol. The van der Waals surface area contributed by atoms with Crippen molar-refractivity contribution in [2.75, 3.05) is 12.0 Å². The molecule has 92 valence electrons. The van der Waals surface area contributed by atoms with Gasteiger partial charge in [-0.2, -0.15) is 0 Å². The lowest BCUT2D eigenvalue weighted by molar-refractivity contribution is -0.138. The first-order valence-corrected chi connectivity index (χ1v) is 5.66. The van der Waals surface area contributed by atoms with Crippen molar-refractivity contribution in [2.45, 2.75) is 25.4 Å². The third-order valence-corrected chi connectivity index (χ3v) is 2.92. The van der Waals surface area contributed by atoms with Gasteiger partial charge in [-0.15, -0.1) is 0 Å². The maximum atomic E-state index is 11.9. The number of hydrogen-bond donors (Lipinski definition) is 2. The van der Waals surface area contributed by atoms with Crippen LogP contribution in [-0.2, 0) is 9.53 Å². The fraction of sp³-hybridized carbons (Fsp3) is 0.500. The molecule has 17 heavy (non-hydrogen) atoms. The smallest absolute Gasteiger partial charge is 0.270 e. The summed E-state index contributed by atoms with van der Waals surface area (Å²) in [6.45, 7) is 2.37. The highest BCUT2D eigenvalue weighted by Crippen LogP contribution is 2.25. The first kappa shape index (κ1) is 12.1. The predicted molar refractivity (Wildman–Crippen MR) is 62.4 cm³/mol. The molecule has 1 atom stereocenters. The van der Waals surface area contributed by atoms with E-state index < -0.39 is 5.60 Å². The van der Waals surface area contributed by atoms with Crippen molar-refractivity contribution >= 4 is 23.3 Å². The molecule has 7 heteroatoms. The minimum absolute atomic E-state index is 0.199. The summed E-state index contributed by atoms with van der Waals surface area (Å²) in [4.78, 5) is 19.6. The van der Waals surface area contributed by atoms with Crippen LogP contribution in [0.2, 0.25) is 5.15 Å². The number of ether oxygens (including phenoxy) is 1. The van der Waals surface area contributed by atoms with Crippen LogP contribution in [0, 0.1) is 0 Å². The van der Waals surface area contributed by atoms with Crippen LogP contribution in [-0.4, -0.2) is 28.1 Å². The highest BCUT2D eigenvalue weighted by atomic mass is 35.5. The molecule has 1 aliphatic heterocycles. The van der Waals surface area contributed by atoms with Crippen LogP contribution in [0.1, 0.15) is 19.8 Å². The van der Waals surface area contributed by atoms with E-state index >= 15 is 0 Å². The van der Waals surface area contributed by atoms with Crippen molar-refractivity contribution in [1.29, 1.82) is 0 Å². The van der Waals surface area contributed by atoms with Gasteiger partial charge in [-0.25, -0.2) is 9.97 Å². The molecule has 2 heterocycles. The molecule has 0 aromatic carbocycles. The van der Waals surface area contributed by atoms with Crippen LogP contribution in [0.15, 0.2) is 12.4 Å². The van der Waals surface area contributed by atoms with Crippen LogP contribution >= 0.6 is 11.6 Å². The van der Waals surface area contributed by atoms with E-state index in [2.05, 4.69) is 20.8 Å². The van der Waals surface area contributed by atoms with Gasteiger partial charge in [0, 0.05) is 19.0 Å². The second-order valence-electron chi connectivity index (χ2n) is 3.96. The minimum Gasteiger partial charge on any atom is -0.365 e. The van der Waals surface area contributed by atoms with Gasteiger partial charge in [-0.1, -0.05) is 11.6 Å². The lowest BCUT2D eigenvalue weighted by Crippen LogP contribution is -2.46. The predicted octanol–water partition coefficient (Wildman–Crippen LogP) is 1.14. The first-order chi connectivity index (χ1) is 8.12. The summed E-state index contributed by atoms with van der Waals surface area (Å²) in [7, 11) is 0. The summed E-state index contributed by atoms with van der Waals surface area (Å²) in [5.41, 5.74) is 4.37. The lowest BCUT2D eigenvalue weighted by Gasteiger charge is -2.22. The highest BCUT2D eigenvalue weighted by Gasteiger charge is 2.37. The fourth-order valence-corrected chi connectivity index (χ4v) is 1.76. The number of carbonyl (C=O) groups excluding carboxylic acids is 1. The Bertz CT molecular complexity index is 421. The van der Waals surface area contributed by atoms with Crippen LogP contribution in [0.5, 0.6) is 0 Å². The van der Waals surface area contributed by atoms with E-state index in [0.717, 1.165) is 6.42 Å². The molecule has 0 bridgehead atoms. The monoisotopic (exact) mass is 256 g/mol. The van der Waals surface area contributed by atoms with Crippen molar-refractivity contribution in [1.82, 2.24) is 15.4 Å². The topological polar surface area (TPSA) is 76.1 Å². The molecule has 6 nitrogen and oxygen atoms in total. The van der Waals surface area contributed by atoms with Crippen molar-refractivity contribution in [3.8, 4) is 0 Å². The fourth-order valence-electron chi connectivity index (χ4n) is 1.61. The maximum Gasteiger partial charge on any atom is 0.270 e. The summed E-state index contributed by atoms with van der Waals surface area (Å²) in [6.07, 6.45) is 4.54. The van der Waals surface area contributed by atoms with E-state index in [0.29, 0.717) is 18.8 Å². The molecule has 0 spiro atoms. The van der Waals surface area contributed by atoms with Crippen LogP contribution in [0.4, 0.5) is 5.82 Å². The van der Waals surface area contributed by atoms with Crippen molar-refractivity contribution in [3.63, 3.8) is 0 Å². The zero-order valence-electron chi connectivity index (χ0n) is 9.36. The summed E-state index contributed by atoms with van der Waals surface area (Å²) >= 11 is 5.78. The van der Waals surface area contributed by atoms with Gasteiger partial charge in [0.05, 0.1) is 0 Å². The van der Waals surface area contributed by atoms with Crippen molar-refractivity contribution in [2.24, 2.45) is 0 Å². The molecule has 1 aromatic rings. The van der Waals surface area contributed by atoms with Crippen molar-refractivity contribution in [3.05, 3.63) is 17.5 Å². The average molecular weight is 257 g/mol. The van der Waals surface area contributed by atoms with Crippen LogP contribution in [0.3, 0.4) is 0 Å². The Morgan fingerprint density at radius 1 is 1.53 bits per heavy atom. The molecule has 1 saturated heterocycles. The largest absolute Gasteiger partial charge is 0.365 e. The summed E-state index contributed by atoms with van der Waals surface area (Å²) in [5, 5.41) is 0.199. The SMILES string of the molecule is C[C@@]1(C(=O)NNc2nccnc2Cl)CCCO1. The Hall–Kier alpha value is -1.40. The molecule has 0 aliphatic carbocycles. The van der Waals surface area contributed by atoms with E-state index in [1.807, 2.05) is 0 Å². The van der Waals surface area contributed by atoms with E-state index in [1.54, 1.807) is 6.92 Å². The van der Waals surface area contributed by atoms with Gasteiger partial charge in [0.1, 0.15) is 5.60 Å². The number of nitrogens with one attached hydrogen (secondary N) is 2. The second-order valence-corrected chi connectivity index (χ2v) is 4.32. The molecule has 2 rings (SSSR count). The molecule has 0 saturated carbocycles. The standard InChI is InChI=1S/C10H13ClN4O2/c1-10(3-2-6-17-10)9(16)15-14-8-7(11)12-4-5-13-8/h4-5H,2-3,6H2,1H3,(H,13,14)(H,15,16)/t10-/m0/s1. The summed E-state index contributed by atoms with van der Waals surface area (Å²) < 4.78 is 5.40. The highest BCUT2D eigenvalue weighted by molar-refractivity contribution is 6.31. The van der Waals surface area contributed by atoms with Gasteiger partial charge in [0.25, 0.3) is 5.91 Å². The zero-order valence-corrected chi connectivity index (χ0v) is 10.1. The number of anilines is 1. The molecule has 2 N–H and O–H groups in total. The Morgan fingerprint density at radius 3 is 2.94 bits per heavy atom. The number of nitrogens with zero attached hydrogens (tertiary/aromatic N) is 2. The molecular formula is C10H13ClN4O2. The quantitative estimate of drug-likeness (QED) is 0.794. The molecule has 1 aromatic heterocycles. The number of hydrazine groups is 1. The Labute approximate surface area is 104 Å². The van der Waals surface area contributed by atoms with Gasteiger partial charge < -0.3 is 4.74 Å². The molecule has 1 aliphatic rings.